The molecule has 1 unspecified atom stereocenters. The summed E-state index contributed by atoms with van der Waals surface area (Å²) in [6, 6.07) is 0.847. The second kappa shape index (κ2) is 29.7. The summed E-state index contributed by atoms with van der Waals surface area (Å²) in [5.74, 6) is 0. The van der Waals surface area contributed by atoms with Crippen LogP contribution in [0, 0.1) is 0 Å². The topological polar surface area (TPSA) is 66.4 Å². The van der Waals surface area contributed by atoms with Crippen molar-refractivity contribution in [1.29, 1.82) is 0 Å². The van der Waals surface area contributed by atoms with Gasteiger partial charge in [-0.1, -0.05) is 44.6 Å². The van der Waals surface area contributed by atoms with Gasteiger partial charge in [0.2, 0.25) is 0 Å². The smallest absolute Gasteiger partial charge is 0.335 e. The van der Waals surface area contributed by atoms with Gasteiger partial charge >= 0.3 is 8.56 Å². The predicted octanol–water partition coefficient (Wildman–Crippen LogP) is 4.99. The molecular formula is C19H54O6Si. The lowest BCUT2D eigenvalue weighted by Crippen LogP contribution is -2.40. The van der Waals surface area contributed by atoms with Crippen LogP contribution in [-0.4, -0.2) is 73.6 Å². The van der Waals surface area contributed by atoms with Crippen LogP contribution in [0.25, 0.3) is 0 Å². The first-order valence-electron chi connectivity index (χ1n) is 7.05. The molecule has 7 heteroatoms. The minimum absolute atomic E-state index is 0. The Morgan fingerprint density at radius 1 is 0.769 bits per heavy atom. The van der Waals surface area contributed by atoms with Crippen molar-refractivity contribution in [3.05, 3.63) is 0 Å². The average Bonchev–Trinajstić information content (AvgIpc) is 2.39. The molecule has 0 aromatic carbocycles. The highest BCUT2D eigenvalue weighted by molar-refractivity contribution is 6.66. The first-order chi connectivity index (χ1) is 9.54. The van der Waals surface area contributed by atoms with Crippen molar-refractivity contribution >= 4 is 8.56 Å². The third kappa shape index (κ3) is 28.8. The van der Waals surface area contributed by atoms with Gasteiger partial charge in [-0.3, -0.25) is 0 Å². The molecule has 0 fully saturated rings. The van der Waals surface area contributed by atoms with Crippen molar-refractivity contribution in [2.75, 3.05) is 53.9 Å². The van der Waals surface area contributed by atoms with Crippen LogP contribution in [0.15, 0.2) is 0 Å². The maximum absolute atomic E-state index is 9.10. The molecular weight excluding hydrogens is 352 g/mol. The third-order valence-corrected chi connectivity index (χ3v) is 5.56. The van der Waals surface area contributed by atoms with E-state index in [0.717, 1.165) is 12.5 Å². The maximum Gasteiger partial charge on any atom is 0.335 e. The summed E-state index contributed by atoms with van der Waals surface area (Å²) < 4.78 is 27.1. The number of aliphatic hydroxyl groups is 1. The largest absolute Gasteiger partial charge is 0.392 e. The molecule has 0 heterocycles. The van der Waals surface area contributed by atoms with Crippen LogP contribution in [0.5, 0.6) is 0 Å². The van der Waals surface area contributed by atoms with Crippen molar-refractivity contribution in [3.8, 4) is 0 Å². The van der Waals surface area contributed by atoms with E-state index in [-0.39, 0.29) is 44.6 Å². The zero-order valence-electron chi connectivity index (χ0n) is 13.2. The Morgan fingerprint density at radius 3 is 1.54 bits per heavy atom. The predicted molar refractivity (Wildman–Crippen MR) is 120 cm³/mol. The van der Waals surface area contributed by atoms with Crippen LogP contribution in [0.2, 0.25) is 12.6 Å². The highest BCUT2D eigenvalue weighted by atomic mass is 28.4. The summed E-state index contributed by atoms with van der Waals surface area (Å²) in [5, 5.41) is 9.10. The van der Waals surface area contributed by atoms with Gasteiger partial charge in [0, 0.05) is 20.8 Å². The van der Waals surface area contributed by atoms with Crippen LogP contribution >= 0.6 is 0 Å². The van der Waals surface area contributed by atoms with E-state index in [4.69, 9.17) is 28.2 Å². The second-order valence-corrected chi connectivity index (χ2v) is 8.19. The van der Waals surface area contributed by atoms with Crippen molar-refractivity contribution in [3.63, 3.8) is 0 Å². The Hall–Kier alpha value is -0.0231. The average molecular weight is 407 g/mol. The standard InChI is InChI=1S/C13H30O6Si.6CH4/c1-13(14)12-17-6-5-11-20(4,18-9-7-15-2)19-10-8-16-3;;;;;;/h13-14H,5-12H2,1-4H3;6*1H4. The zero-order chi connectivity index (χ0) is 15.3. The summed E-state index contributed by atoms with van der Waals surface area (Å²) in [7, 11) is 1.10. The summed E-state index contributed by atoms with van der Waals surface area (Å²) >= 11 is 0. The minimum atomic E-state index is -2.20. The fourth-order valence-electron chi connectivity index (χ4n) is 1.62. The highest BCUT2D eigenvalue weighted by Gasteiger charge is 2.30. The summed E-state index contributed by atoms with van der Waals surface area (Å²) in [6.07, 6.45) is 0.435. The normalized spacial score (nSPS) is 10.5. The number of hydrogen-bond donors (Lipinski definition) is 1. The van der Waals surface area contributed by atoms with E-state index in [1.807, 2.05) is 6.55 Å². The lowest BCUT2D eigenvalue weighted by Gasteiger charge is -2.27. The highest BCUT2D eigenvalue weighted by Crippen LogP contribution is 2.16. The summed E-state index contributed by atoms with van der Waals surface area (Å²) in [6.45, 7) is 6.95. The van der Waals surface area contributed by atoms with Crippen molar-refractivity contribution in [2.45, 2.75) is 76.6 Å². The Kier molecular flexibility index (Phi) is 51.5. The van der Waals surface area contributed by atoms with Crippen LogP contribution < -0.4 is 0 Å². The van der Waals surface area contributed by atoms with Gasteiger partial charge < -0.3 is 28.2 Å². The van der Waals surface area contributed by atoms with Gasteiger partial charge in [-0.05, 0) is 25.9 Å². The molecule has 26 heavy (non-hydrogen) atoms. The molecule has 170 valence electrons. The molecule has 1 atom stereocenters. The fraction of sp³-hybridized carbons (Fsp3) is 1.00. The molecule has 0 spiro atoms. The van der Waals surface area contributed by atoms with E-state index in [1.165, 1.54) is 0 Å². The number of aliphatic hydroxyl groups excluding tert-OH is 1. The number of rotatable bonds is 14. The van der Waals surface area contributed by atoms with E-state index in [1.54, 1.807) is 21.1 Å². The molecule has 0 aromatic heterocycles. The van der Waals surface area contributed by atoms with E-state index < -0.39 is 14.7 Å². The van der Waals surface area contributed by atoms with Crippen molar-refractivity contribution < 1.29 is 28.2 Å². The zero-order valence-corrected chi connectivity index (χ0v) is 14.2. The molecule has 0 saturated heterocycles. The van der Waals surface area contributed by atoms with Crippen molar-refractivity contribution in [1.82, 2.24) is 0 Å². The van der Waals surface area contributed by atoms with E-state index in [9.17, 15) is 0 Å². The fourth-order valence-corrected chi connectivity index (χ4v) is 3.81. The number of ether oxygens (including phenoxy) is 3. The van der Waals surface area contributed by atoms with E-state index >= 15 is 0 Å². The summed E-state index contributed by atoms with van der Waals surface area (Å²) in [4.78, 5) is 0. The monoisotopic (exact) mass is 406 g/mol. The summed E-state index contributed by atoms with van der Waals surface area (Å²) in [5.41, 5.74) is 0. The quantitative estimate of drug-likeness (QED) is 0.324. The molecule has 0 saturated carbocycles. The Balaban J connectivity index is -0.000000120. The minimum Gasteiger partial charge on any atom is -0.392 e. The Morgan fingerprint density at radius 2 is 1.19 bits per heavy atom. The lowest BCUT2D eigenvalue weighted by atomic mass is 10.4. The first-order valence-corrected chi connectivity index (χ1v) is 9.58. The molecule has 0 bridgehead atoms. The molecule has 0 aliphatic carbocycles. The second-order valence-electron chi connectivity index (χ2n) is 4.84. The molecule has 0 aliphatic heterocycles. The molecule has 0 aliphatic rings. The van der Waals surface area contributed by atoms with E-state index in [0.29, 0.717) is 39.6 Å². The maximum atomic E-state index is 9.10. The number of methoxy groups -OCH3 is 2. The first kappa shape index (κ1) is 45.0. The van der Waals surface area contributed by atoms with Gasteiger partial charge in [-0.15, -0.1) is 0 Å². The Bertz CT molecular complexity index is 208. The molecule has 1 N–H and O–H groups in total. The van der Waals surface area contributed by atoms with E-state index in [2.05, 4.69) is 0 Å². The van der Waals surface area contributed by atoms with Crippen LogP contribution in [0.1, 0.15) is 57.9 Å². The number of hydrogen-bond acceptors (Lipinski definition) is 6. The molecule has 0 radical (unpaired) electrons. The van der Waals surface area contributed by atoms with Gasteiger partial charge in [-0.2, -0.15) is 0 Å². The SMILES string of the molecule is C.C.C.C.C.C.COCCO[Si](C)(CCCOCC(C)O)OCCOC. The molecule has 0 rings (SSSR count). The van der Waals surface area contributed by atoms with Gasteiger partial charge in [0.15, 0.2) is 0 Å². The van der Waals surface area contributed by atoms with Crippen LogP contribution in [-0.2, 0) is 23.1 Å². The molecule has 0 aromatic rings. The van der Waals surface area contributed by atoms with Crippen molar-refractivity contribution in [2.24, 2.45) is 0 Å². The third-order valence-electron chi connectivity index (χ3n) is 2.67. The van der Waals surface area contributed by atoms with Gasteiger partial charge in [0.05, 0.1) is 39.1 Å². The van der Waals surface area contributed by atoms with Crippen LogP contribution in [0.4, 0.5) is 0 Å². The Labute approximate surface area is 167 Å². The van der Waals surface area contributed by atoms with Gasteiger partial charge in [-0.25, -0.2) is 0 Å². The molecule has 6 nitrogen and oxygen atoms in total. The van der Waals surface area contributed by atoms with Crippen LogP contribution in [0.3, 0.4) is 0 Å². The van der Waals surface area contributed by atoms with Gasteiger partial charge in [0.1, 0.15) is 0 Å². The van der Waals surface area contributed by atoms with Gasteiger partial charge in [0.25, 0.3) is 0 Å². The molecule has 0 amide bonds. The lowest BCUT2D eigenvalue weighted by molar-refractivity contribution is 0.0445.